The number of esters is 1. The fourth-order valence-corrected chi connectivity index (χ4v) is 0.983. The predicted molar refractivity (Wildman–Crippen MR) is 63.5 cm³/mol. The summed E-state index contributed by atoms with van der Waals surface area (Å²) in [5.41, 5.74) is -0.350. The van der Waals surface area contributed by atoms with Gasteiger partial charge >= 0.3 is 5.97 Å². The average Bonchev–Trinajstić information content (AvgIpc) is 2.23. The van der Waals surface area contributed by atoms with E-state index in [0.717, 1.165) is 6.08 Å². The van der Waals surface area contributed by atoms with Crippen LogP contribution in [0.2, 0.25) is 0 Å². The normalized spacial score (nSPS) is 11.9. The zero-order chi connectivity index (χ0) is 12.6. The number of hydrogen-bond acceptors (Lipinski definition) is 3. The van der Waals surface area contributed by atoms with Crippen LogP contribution in [0.1, 0.15) is 20.3 Å². The highest BCUT2D eigenvalue weighted by Gasteiger charge is 2.24. The second-order valence-electron chi connectivity index (χ2n) is 4.02. The Kier molecular flexibility index (Phi) is 6.21. The molecule has 0 heterocycles. The van der Waals surface area contributed by atoms with Crippen molar-refractivity contribution >= 4 is 5.97 Å². The number of hydrogen-bond donors (Lipinski definition) is 1. The highest BCUT2D eigenvalue weighted by Crippen LogP contribution is 2.24. The molecule has 0 aromatic carbocycles. The van der Waals surface area contributed by atoms with Gasteiger partial charge in [0.25, 0.3) is 0 Å². The fourth-order valence-electron chi connectivity index (χ4n) is 0.983. The number of allylic oxidation sites excluding steroid dienone is 1. The molecule has 3 heteroatoms. The van der Waals surface area contributed by atoms with Crippen LogP contribution in [0.5, 0.6) is 0 Å². The second kappa shape index (κ2) is 6.86. The van der Waals surface area contributed by atoms with E-state index in [0.29, 0.717) is 6.42 Å². The summed E-state index contributed by atoms with van der Waals surface area (Å²) < 4.78 is 4.65. The molecule has 0 aromatic rings. The van der Waals surface area contributed by atoms with Gasteiger partial charge in [0, 0.05) is 11.5 Å². The first-order valence-corrected chi connectivity index (χ1v) is 5.00. The topological polar surface area (TPSA) is 46.5 Å². The molecular formula is C13H18O3. The number of carbonyl (C=O) groups excluding carboxylic acids is 1. The molecule has 0 saturated heterocycles. The molecule has 0 fully saturated rings. The quantitative estimate of drug-likeness (QED) is 0.333. The summed E-state index contributed by atoms with van der Waals surface area (Å²) in [4.78, 5) is 10.7. The summed E-state index contributed by atoms with van der Waals surface area (Å²) >= 11 is 0. The van der Waals surface area contributed by atoms with Crippen molar-refractivity contribution < 1.29 is 14.6 Å². The van der Waals surface area contributed by atoms with Crippen LogP contribution >= 0.6 is 0 Å². The minimum absolute atomic E-state index is 0.0356. The van der Waals surface area contributed by atoms with Gasteiger partial charge in [0.15, 0.2) is 6.61 Å². The van der Waals surface area contributed by atoms with Crippen molar-refractivity contribution in [1.82, 2.24) is 0 Å². The van der Waals surface area contributed by atoms with Crippen molar-refractivity contribution in [3.63, 3.8) is 0 Å². The maximum atomic E-state index is 10.7. The minimum atomic E-state index is -0.770. The fraction of sp³-hybridized carbons (Fsp3) is 0.462. The molecule has 0 aliphatic heterocycles. The van der Waals surface area contributed by atoms with Gasteiger partial charge in [-0.05, 0) is 6.42 Å². The first-order chi connectivity index (χ1) is 7.44. The van der Waals surface area contributed by atoms with Gasteiger partial charge in [-0.2, -0.15) is 0 Å². The zero-order valence-electron chi connectivity index (χ0n) is 9.82. The highest BCUT2D eigenvalue weighted by atomic mass is 16.5. The first-order valence-electron chi connectivity index (χ1n) is 5.00. The van der Waals surface area contributed by atoms with Crippen LogP contribution in [0, 0.1) is 17.3 Å². The summed E-state index contributed by atoms with van der Waals surface area (Å²) in [6.45, 7) is 10.6. The third-order valence-corrected chi connectivity index (χ3v) is 2.10. The number of aliphatic hydroxyl groups excluding tert-OH is 1. The van der Waals surface area contributed by atoms with E-state index in [1.54, 1.807) is 6.08 Å². The van der Waals surface area contributed by atoms with Gasteiger partial charge in [-0.25, -0.2) is 4.79 Å². The Bertz CT molecular complexity index is 318. The third-order valence-electron chi connectivity index (χ3n) is 2.10. The molecule has 0 spiro atoms. The van der Waals surface area contributed by atoms with Crippen molar-refractivity contribution in [3.8, 4) is 11.8 Å². The SMILES string of the molecule is C=CCC(C)(C)C(O)C#CCOC(=O)C=C. The van der Waals surface area contributed by atoms with Crippen LogP contribution in [-0.4, -0.2) is 23.8 Å². The van der Waals surface area contributed by atoms with Gasteiger partial charge in [0.2, 0.25) is 0 Å². The van der Waals surface area contributed by atoms with Gasteiger partial charge < -0.3 is 9.84 Å². The number of rotatable bonds is 5. The Morgan fingerprint density at radius 3 is 2.69 bits per heavy atom. The maximum Gasteiger partial charge on any atom is 0.331 e. The summed E-state index contributed by atoms with van der Waals surface area (Å²) in [6.07, 6.45) is 2.70. The van der Waals surface area contributed by atoms with Crippen molar-refractivity contribution in [2.45, 2.75) is 26.4 Å². The number of carbonyl (C=O) groups is 1. The molecule has 0 rings (SSSR count). The van der Waals surface area contributed by atoms with Gasteiger partial charge in [-0.3, -0.25) is 0 Å². The molecule has 0 saturated carbocycles. The van der Waals surface area contributed by atoms with Crippen LogP contribution in [-0.2, 0) is 9.53 Å². The Balaban J connectivity index is 4.18. The molecule has 0 bridgehead atoms. The molecule has 1 unspecified atom stereocenters. The van der Waals surface area contributed by atoms with Gasteiger partial charge in [0.1, 0.15) is 6.10 Å². The summed E-state index contributed by atoms with van der Waals surface area (Å²) in [6, 6.07) is 0. The Morgan fingerprint density at radius 1 is 1.56 bits per heavy atom. The standard InChI is InChI=1S/C13H18O3/c1-5-9-13(3,4)11(14)8-7-10-16-12(15)6-2/h5-6,11,14H,1-2,9-10H2,3-4H3. The lowest BCUT2D eigenvalue weighted by Crippen LogP contribution is -2.27. The molecular weight excluding hydrogens is 204 g/mol. The van der Waals surface area contributed by atoms with Crippen LogP contribution in [0.4, 0.5) is 0 Å². The van der Waals surface area contributed by atoms with Crippen LogP contribution in [0.25, 0.3) is 0 Å². The van der Waals surface area contributed by atoms with Crippen LogP contribution in [0.3, 0.4) is 0 Å². The predicted octanol–water partition coefficient (Wildman–Crippen LogP) is 1.68. The molecule has 1 N–H and O–H groups in total. The molecule has 1 atom stereocenters. The average molecular weight is 222 g/mol. The monoisotopic (exact) mass is 222 g/mol. The Morgan fingerprint density at radius 2 is 2.19 bits per heavy atom. The third kappa shape index (κ3) is 5.38. The minimum Gasteiger partial charge on any atom is -0.449 e. The Hall–Kier alpha value is -1.53. The van der Waals surface area contributed by atoms with Crippen molar-refractivity contribution in [2.24, 2.45) is 5.41 Å². The molecule has 0 amide bonds. The number of aliphatic hydroxyl groups is 1. The molecule has 88 valence electrons. The van der Waals surface area contributed by atoms with Gasteiger partial charge in [-0.15, -0.1) is 6.58 Å². The molecule has 0 aromatic heterocycles. The van der Waals surface area contributed by atoms with E-state index in [1.165, 1.54) is 0 Å². The smallest absolute Gasteiger partial charge is 0.331 e. The van der Waals surface area contributed by atoms with E-state index < -0.39 is 12.1 Å². The summed E-state index contributed by atoms with van der Waals surface area (Å²) in [7, 11) is 0. The Labute approximate surface area is 96.8 Å². The molecule has 16 heavy (non-hydrogen) atoms. The maximum absolute atomic E-state index is 10.7. The van der Waals surface area contributed by atoms with Crippen LogP contribution < -0.4 is 0 Å². The highest BCUT2D eigenvalue weighted by molar-refractivity contribution is 5.81. The summed E-state index contributed by atoms with van der Waals surface area (Å²) in [5, 5.41) is 9.75. The lowest BCUT2D eigenvalue weighted by molar-refractivity contribution is -0.136. The molecule has 0 aliphatic rings. The molecule has 0 radical (unpaired) electrons. The lowest BCUT2D eigenvalue weighted by Gasteiger charge is -2.25. The van der Waals surface area contributed by atoms with Gasteiger partial charge in [0.05, 0.1) is 0 Å². The van der Waals surface area contributed by atoms with E-state index in [9.17, 15) is 9.90 Å². The first kappa shape index (κ1) is 14.5. The van der Waals surface area contributed by atoms with E-state index in [4.69, 9.17) is 0 Å². The van der Waals surface area contributed by atoms with Crippen molar-refractivity contribution in [3.05, 3.63) is 25.3 Å². The van der Waals surface area contributed by atoms with E-state index >= 15 is 0 Å². The lowest BCUT2D eigenvalue weighted by atomic mass is 9.83. The molecule has 0 aliphatic carbocycles. The number of ether oxygens (including phenoxy) is 1. The summed E-state index contributed by atoms with van der Waals surface area (Å²) in [5.74, 6) is 4.70. The van der Waals surface area contributed by atoms with Crippen molar-refractivity contribution in [1.29, 1.82) is 0 Å². The van der Waals surface area contributed by atoms with Gasteiger partial charge in [-0.1, -0.05) is 38.3 Å². The molecule has 3 nitrogen and oxygen atoms in total. The van der Waals surface area contributed by atoms with Crippen LogP contribution in [0.15, 0.2) is 25.3 Å². The largest absolute Gasteiger partial charge is 0.449 e. The zero-order valence-corrected chi connectivity index (χ0v) is 9.82. The van der Waals surface area contributed by atoms with E-state index in [2.05, 4.69) is 29.7 Å². The van der Waals surface area contributed by atoms with E-state index in [1.807, 2.05) is 13.8 Å². The second-order valence-corrected chi connectivity index (χ2v) is 4.02. The van der Waals surface area contributed by atoms with Crippen molar-refractivity contribution in [2.75, 3.05) is 6.61 Å². The van der Waals surface area contributed by atoms with E-state index in [-0.39, 0.29) is 12.0 Å².